The first-order valence-electron chi connectivity index (χ1n) is 6.48. The van der Waals surface area contributed by atoms with Crippen LogP contribution in [0, 0.1) is 0 Å². The smallest absolute Gasteiger partial charge is 0.113 e. The summed E-state index contributed by atoms with van der Waals surface area (Å²) in [6, 6.07) is 2.04. The van der Waals surface area contributed by atoms with E-state index in [9.17, 15) is 0 Å². The topological polar surface area (TPSA) is 44.8 Å². The summed E-state index contributed by atoms with van der Waals surface area (Å²) >= 11 is 7.62. The molecular weight excluding hydrogens is 280 g/mol. The van der Waals surface area contributed by atoms with Crippen LogP contribution in [0.4, 0.5) is 0 Å². The molecule has 0 bridgehead atoms. The van der Waals surface area contributed by atoms with Gasteiger partial charge in [-0.2, -0.15) is 5.10 Å². The summed E-state index contributed by atoms with van der Waals surface area (Å²) in [5.41, 5.74) is 1.36. The average molecular weight is 297 g/mol. The van der Waals surface area contributed by atoms with Crippen LogP contribution < -0.4 is 0 Å². The van der Waals surface area contributed by atoms with Gasteiger partial charge in [-0.15, -0.1) is 11.3 Å². The van der Waals surface area contributed by atoms with Crippen LogP contribution in [0.25, 0.3) is 0 Å². The number of halogens is 1. The molecule has 3 rings (SSSR count). The maximum absolute atomic E-state index is 6.00. The third kappa shape index (κ3) is 2.83. The van der Waals surface area contributed by atoms with Gasteiger partial charge >= 0.3 is 0 Å². The summed E-state index contributed by atoms with van der Waals surface area (Å²) in [4.78, 5) is 6.93. The van der Waals surface area contributed by atoms with Gasteiger partial charge in [0.05, 0.1) is 11.2 Å². The molecule has 1 saturated heterocycles. The summed E-state index contributed by atoms with van der Waals surface area (Å²) in [7, 11) is 0. The number of H-pyrrole nitrogens is 1. The number of thiazole rings is 1. The van der Waals surface area contributed by atoms with Gasteiger partial charge < -0.3 is 0 Å². The minimum atomic E-state index is 0.183. The van der Waals surface area contributed by atoms with Crippen molar-refractivity contribution >= 4 is 22.9 Å². The molecule has 1 N–H and O–H groups in total. The molecule has 0 unspecified atom stereocenters. The number of nitrogens with zero attached hydrogens (tertiary/aromatic N) is 3. The van der Waals surface area contributed by atoms with Gasteiger partial charge in [-0.3, -0.25) is 10.00 Å². The second-order valence-electron chi connectivity index (χ2n) is 5.39. The summed E-state index contributed by atoms with van der Waals surface area (Å²) in [6.45, 7) is 5.43. The van der Waals surface area contributed by atoms with Crippen LogP contribution in [0.2, 0.25) is 4.34 Å². The van der Waals surface area contributed by atoms with Crippen molar-refractivity contribution in [3.05, 3.63) is 33.5 Å². The molecule has 1 aliphatic rings. The predicted octanol–water partition coefficient (Wildman–Crippen LogP) is 3.07. The Kier molecular flexibility index (Phi) is 3.60. The van der Waals surface area contributed by atoms with E-state index in [2.05, 4.69) is 27.0 Å². The highest BCUT2D eigenvalue weighted by Gasteiger charge is 2.34. The van der Waals surface area contributed by atoms with E-state index in [0.29, 0.717) is 0 Å². The highest BCUT2D eigenvalue weighted by atomic mass is 35.5. The molecule has 0 aliphatic carbocycles. The van der Waals surface area contributed by atoms with E-state index < -0.39 is 0 Å². The van der Waals surface area contributed by atoms with Gasteiger partial charge in [-0.1, -0.05) is 18.5 Å². The van der Waals surface area contributed by atoms with E-state index in [1.54, 1.807) is 23.7 Å². The van der Waals surface area contributed by atoms with Crippen molar-refractivity contribution in [2.24, 2.45) is 0 Å². The third-order valence-electron chi connectivity index (χ3n) is 3.91. The van der Waals surface area contributed by atoms with Crippen LogP contribution in [0.3, 0.4) is 0 Å². The number of piperidine rings is 1. The van der Waals surface area contributed by atoms with Crippen molar-refractivity contribution in [2.75, 3.05) is 13.1 Å². The van der Waals surface area contributed by atoms with Gasteiger partial charge in [-0.05, 0) is 32.0 Å². The van der Waals surface area contributed by atoms with Crippen molar-refractivity contribution in [1.29, 1.82) is 0 Å². The molecular formula is C13H17ClN4S. The number of hydrogen-bond acceptors (Lipinski definition) is 4. The van der Waals surface area contributed by atoms with E-state index in [-0.39, 0.29) is 5.41 Å². The average Bonchev–Trinajstić information content (AvgIpc) is 3.04. The second kappa shape index (κ2) is 5.23. The zero-order valence-corrected chi connectivity index (χ0v) is 12.5. The summed E-state index contributed by atoms with van der Waals surface area (Å²) in [5, 5.41) is 8.19. The number of nitrogens with one attached hydrogen (secondary N) is 1. The summed E-state index contributed by atoms with van der Waals surface area (Å²) in [5.74, 6) is 0. The van der Waals surface area contributed by atoms with Gasteiger partial charge in [0.2, 0.25) is 0 Å². The SMILES string of the molecule is CC1(c2ncc(Cl)s2)CCN(Cc2ccn[nH]2)CC1. The lowest BCUT2D eigenvalue weighted by atomic mass is 9.81. The Bertz CT molecular complexity index is 529. The number of aromatic nitrogens is 3. The quantitative estimate of drug-likeness (QED) is 0.947. The fourth-order valence-corrected chi connectivity index (χ4v) is 3.68. The van der Waals surface area contributed by atoms with Crippen LogP contribution in [0.5, 0.6) is 0 Å². The molecule has 0 spiro atoms. The Morgan fingerprint density at radius 1 is 1.47 bits per heavy atom. The Balaban J connectivity index is 1.62. The molecule has 0 aromatic carbocycles. The molecule has 19 heavy (non-hydrogen) atoms. The Hall–Kier alpha value is -0.910. The van der Waals surface area contributed by atoms with Crippen molar-refractivity contribution in [3.63, 3.8) is 0 Å². The Morgan fingerprint density at radius 2 is 2.26 bits per heavy atom. The van der Waals surface area contributed by atoms with Crippen molar-refractivity contribution in [1.82, 2.24) is 20.1 Å². The largest absolute Gasteiger partial charge is 0.297 e. The molecule has 3 heterocycles. The monoisotopic (exact) mass is 296 g/mol. The van der Waals surface area contributed by atoms with E-state index in [0.717, 1.165) is 36.8 Å². The molecule has 0 amide bonds. The molecule has 2 aromatic rings. The van der Waals surface area contributed by atoms with E-state index in [1.807, 2.05) is 6.07 Å². The van der Waals surface area contributed by atoms with Gasteiger partial charge in [0, 0.05) is 23.9 Å². The van der Waals surface area contributed by atoms with Crippen LogP contribution >= 0.6 is 22.9 Å². The molecule has 6 heteroatoms. The van der Waals surface area contributed by atoms with E-state index >= 15 is 0 Å². The van der Waals surface area contributed by atoms with Gasteiger partial charge in [0.25, 0.3) is 0 Å². The van der Waals surface area contributed by atoms with Crippen LogP contribution in [-0.4, -0.2) is 33.2 Å². The van der Waals surface area contributed by atoms with E-state index in [4.69, 9.17) is 11.6 Å². The minimum Gasteiger partial charge on any atom is -0.297 e. The standard InChI is InChI=1S/C13H17ClN4S/c1-13(12-15-8-11(14)19-12)3-6-18(7-4-13)9-10-2-5-16-17-10/h2,5,8H,3-4,6-7,9H2,1H3,(H,16,17). The first-order valence-corrected chi connectivity index (χ1v) is 7.68. The highest BCUT2D eigenvalue weighted by Crippen LogP contribution is 2.38. The number of aromatic amines is 1. The zero-order chi connectivity index (χ0) is 13.3. The molecule has 1 aliphatic heterocycles. The first-order chi connectivity index (χ1) is 9.16. The fourth-order valence-electron chi connectivity index (χ4n) is 2.57. The predicted molar refractivity (Wildman–Crippen MR) is 77.6 cm³/mol. The maximum atomic E-state index is 6.00. The second-order valence-corrected chi connectivity index (χ2v) is 7.05. The van der Waals surface area contributed by atoms with Crippen molar-refractivity contribution < 1.29 is 0 Å². The van der Waals surface area contributed by atoms with Crippen molar-refractivity contribution in [2.45, 2.75) is 31.7 Å². The third-order valence-corrected chi connectivity index (χ3v) is 5.33. The maximum Gasteiger partial charge on any atom is 0.113 e. The van der Waals surface area contributed by atoms with Gasteiger partial charge in [0.15, 0.2) is 0 Å². The number of hydrogen-bond donors (Lipinski definition) is 1. The fraction of sp³-hybridized carbons (Fsp3) is 0.538. The van der Waals surface area contributed by atoms with Crippen LogP contribution in [0.1, 0.15) is 30.5 Å². The van der Waals surface area contributed by atoms with E-state index in [1.165, 1.54) is 10.7 Å². The molecule has 102 valence electrons. The normalized spacial score (nSPS) is 19.7. The lowest BCUT2D eigenvalue weighted by molar-refractivity contribution is 0.160. The molecule has 0 radical (unpaired) electrons. The van der Waals surface area contributed by atoms with Gasteiger partial charge in [0.1, 0.15) is 4.34 Å². The molecule has 0 saturated carbocycles. The summed E-state index contributed by atoms with van der Waals surface area (Å²) in [6.07, 6.45) is 5.83. The highest BCUT2D eigenvalue weighted by molar-refractivity contribution is 7.15. The van der Waals surface area contributed by atoms with Crippen LogP contribution in [-0.2, 0) is 12.0 Å². The lowest BCUT2D eigenvalue weighted by Gasteiger charge is -2.37. The Labute approximate surface area is 121 Å². The first kappa shape index (κ1) is 13.1. The Morgan fingerprint density at radius 3 is 2.84 bits per heavy atom. The van der Waals surface area contributed by atoms with Crippen molar-refractivity contribution in [3.8, 4) is 0 Å². The number of likely N-dealkylation sites (tertiary alicyclic amines) is 1. The van der Waals surface area contributed by atoms with Gasteiger partial charge in [-0.25, -0.2) is 4.98 Å². The molecule has 2 aromatic heterocycles. The molecule has 4 nitrogen and oxygen atoms in total. The molecule has 1 fully saturated rings. The lowest BCUT2D eigenvalue weighted by Crippen LogP contribution is -2.40. The zero-order valence-electron chi connectivity index (χ0n) is 10.9. The molecule has 0 atom stereocenters. The summed E-state index contributed by atoms with van der Waals surface area (Å²) < 4.78 is 0.788. The number of rotatable bonds is 3. The van der Waals surface area contributed by atoms with Crippen LogP contribution in [0.15, 0.2) is 18.5 Å². The minimum absolute atomic E-state index is 0.183.